The van der Waals surface area contributed by atoms with E-state index in [0.717, 1.165) is 0 Å². The van der Waals surface area contributed by atoms with E-state index in [-0.39, 0.29) is 24.4 Å². The first-order valence-electron chi connectivity index (χ1n) is 4.22. The third kappa shape index (κ3) is 2.95. The predicted octanol–water partition coefficient (Wildman–Crippen LogP) is 1.13. The monoisotopic (exact) mass is 275 g/mol. The molecule has 0 aliphatic rings. The van der Waals surface area contributed by atoms with Gasteiger partial charge in [-0.3, -0.25) is 15.1 Å². The summed E-state index contributed by atoms with van der Waals surface area (Å²) in [6, 6.07) is 0.725. The molecule has 1 heterocycles. The van der Waals surface area contributed by atoms with E-state index in [0.29, 0.717) is 4.47 Å². The van der Waals surface area contributed by atoms with Crippen LogP contribution in [-0.2, 0) is 0 Å². The Morgan fingerprint density at radius 3 is 2.93 bits per heavy atom. The highest BCUT2D eigenvalue weighted by Gasteiger charge is 2.20. The number of hydrogen-bond acceptors (Lipinski definition) is 5. The molecule has 0 saturated heterocycles. The number of nitrogens with two attached hydrogens (primary N) is 1. The fourth-order valence-electron chi connectivity index (χ4n) is 1.15. The molecule has 0 aromatic carbocycles. The van der Waals surface area contributed by atoms with Gasteiger partial charge in [0.25, 0.3) is 5.69 Å². The topological polar surface area (TPSA) is 102 Å². The summed E-state index contributed by atoms with van der Waals surface area (Å²) in [7, 11) is 0. The molecule has 0 amide bonds. The average molecular weight is 276 g/mol. The predicted molar refractivity (Wildman–Crippen MR) is 57.2 cm³/mol. The zero-order chi connectivity index (χ0) is 11.4. The van der Waals surface area contributed by atoms with Gasteiger partial charge in [-0.05, 0) is 22.4 Å². The van der Waals surface area contributed by atoms with Crippen molar-refractivity contribution in [2.45, 2.75) is 12.5 Å². The molecule has 0 fully saturated rings. The normalized spacial score (nSPS) is 12.5. The van der Waals surface area contributed by atoms with Crippen LogP contribution >= 0.6 is 15.9 Å². The lowest BCUT2D eigenvalue weighted by Crippen LogP contribution is -2.15. The van der Waals surface area contributed by atoms with E-state index in [1.807, 2.05) is 0 Å². The molecular weight excluding hydrogens is 266 g/mol. The van der Waals surface area contributed by atoms with Crippen molar-refractivity contribution in [3.63, 3.8) is 0 Å². The summed E-state index contributed by atoms with van der Waals surface area (Å²) in [5, 5.41) is 19.4. The molecule has 1 rings (SSSR count). The molecule has 0 spiro atoms. The Hall–Kier alpha value is -1.05. The van der Waals surface area contributed by atoms with Crippen molar-refractivity contribution in [2.24, 2.45) is 5.73 Å². The van der Waals surface area contributed by atoms with E-state index in [4.69, 9.17) is 10.8 Å². The Morgan fingerprint density at radius 1 is 1.73 bits per heavy atom. The lowest BCUT2D eigenvalue weighted by Gasteiger charge is -2.09. The summed E-state index contributed by atoms with van der Waals surface area (Å²) >= 11 is 3.10. The Labute approximate surface area is 94.4 Å². The molecule has 0 aliphatic heterocycles. The first kappa shape index (κ1) is 12.0. The number of aromatic nitrogens is 1. The maximum Gasteiger partial charge on any atom is 0.293 e. The van der Waals surface area contributed by atoms with Gasteiger partial charge >= 0.3 is 0 Å². The Balaban J connectivity index is 3.10. The summed E-state index contributed by atoms with van der Waals surface area (Å²) in [5.74, 6) is 0. The standard InChI is InChI=1S/C8H10BrN3O3/c9-5-3-7(12(14)15)8(11-4-5)6(10)1-2-13/h3-4,6,13H,1-2,10H2. The van der Waals surface area contributed by atoms with Crippen molar-refractivity contribution in [1.29, 1.82) is 0 Å². The summed E-state index contributed by atoms with van der Waals surface area (Å²) in [6.45, 7) is -0.129. The zero-order valence-electron chi connectivity index (χ0n) is 7.76. The Bertz CT molecular complexity index is 372. The molecular formula is C8H10BrN3O3. The minimum absolute atomic E-state index is 0.129. The lowest BCUT2D eigenvalue weighted by molar-refractivity contribution is -0.386. The number of nitrogens with zero attached hydrogens (tertiary/aromatic N) is 2. The van der Waals surface area contributed by atoms with Gasteiger partial charge in [0.2, 0.25) is 0 Å². The van der Waals surface area contributed by atoms with Crippen LogP contribution in [0.25, 0.3) is 0 Å². The zero-order valence-corrected chi connectivity index (χ0v) is 9.35. The number of aliphatic hydroxyl groups is 1. The van der Waals surface area contributed by atoms with Gasteiger partial charge in [0, 0.05) is 23.3 Å². The quantitative estimate of drug-likeness (QED) is 0.634. The molecule has 0 saturated carbocycles. The summed E-state index contributed by atoms with van der Waals surface area (Å²) in [4.78, 5) is 14.1. The van der Waals surface area contributed by atoms with Crippen LogP contribution in [0, 0.1) is 10.1 Å². The van der Waals surface area contributed by atoms with E-state index in [1.54, 1.807) is 0 Å². The molecule has 1 unspecified atom stereocenters. The smallest absolute Gasteiger partial charge is 0.293 e. The average Bonchev–Trinajstić information content (AvgIpc) is 2.17. The number of nitro groups is 1. The maximum atomic E-state index is 10.7. The van der Waals surface area contributed by atoms with Gasteiger partial charge in [0.1, 0.15) is 5.69 Å². The van der Waals surface area contributed by atoms with Crippen LogP contribution in [0.5, 0.6) is 0 Å². The molecule has 1 aromatic rings. The third-order valence-corrected chi connectivity index (χ3v) is 2.29. The lowest BCUT2D eigenvalue weighted by atomic mass is 10.1. The van der Waals surface area contributed by atoms with E-state index in [9.17, 15) is 10.1 Å². The fourth-order valence-corrected chi connectivity index (χ4v) is 1.47. The van der Waals surface area contributed by atoms with Gasteiger partial charge in [0.15, 0.2) is 0 Å². The van der Waals surface area contributed by atoms with Crippen LogP contribution in [0.3, 0.4) is 0 Å². The van der Waals surface area contributed by atoms with Gasteiger partial charge in [-0.15, -0.1) is 0 Å². The number of rotatable bonds is 4. The van der Waals surface area contributed by atoms with Gasteiger partial charge in [-0.1, -0.05) is 0 Å². The van der Waals surface area contributed by atoms with E-state index >= 15 is 0 Å². The van der Waals surface area contributed by atoms with Gasteiger partial charge in [-0.2, -0.15) is 0 Å². The van der Waals surface area contributed by atoms with Crippen LogP contribution in [0.15, 0.2) is 16.7 Å². The van der Waals surface area contributed by atoms with Crippen molar-refractivity contribution in [2.75, 3.05) is 6.61 Å². The summed E-state index contributed by atoms with van der Waals surface area (Å²) < 4.78 is 0.522. The second-order valence-electron chi connectivity index (χ2n) is 2.93. The largest absolute Gasteiger partial charge is 0.396 e. The Kier molecular flexibility index (Phi) is 4.13. The molecule has 6 nitrogen and oxygen atoms in total. The number of pyridine rings is 1. The van der Waals surface area contributed by atoms with Crippen LogP contribution in [0.1, 0.15) is 18.2 Å². The highest BCUT2D eigenvalue weighted by atomic mass is 79.9. The van der Waals surface area contributed by atoms with Gasteiger partial charge in [-0.25, -0.2) is 0 Å². The molecule has 82 valence electrons. The molecule has 7 heteroatoms. The number of hydrogen-bond donors (Lipinski definition) is 2. The first-order valence-corrected chi connectivity index (χ1v) is 5.02. The van der Waals surface area contributed by atoms with E-state index in [2.05, 4.69) is 20.9 Å². The molecule has 3 N–H and O–H groups in total. The molecule has 0 aliphatic carbocycles. The fraction of sp³-hybridized carbons (Fsp3) is 0.375. The summed E-state index contributed by atoms with van der Waals surface area (Å²) in [5.41, 5.74) is 5.71. The number of aliphatic hydroxyl groups excluding tert-OH is 1. The van der Waals surface area contributed by atoms with Crippen LogP contribution in [0.4, 0.5) is 5.69 Å². The SMILES string of the molecule is NC(CCO)c1ncc(Br)cc1[N+](=O)[O-]. The van der Waals surface area contributed by atoms with Crippen molar-refractivity contribution in [1.82, 2.24) is 4.98 Å². The molecule has 15 heavy (non-hydrogen) atoms. The highest BCUT2D eigenvalue weighted by Crippen LogP contribution is 2.26. The third-order valence-electron chi connectivity index (χ3n) is 1.85. The first-order chi connectivity index (χ1) is 7.06. The summed E-state index contributed by atoms with van der Waals surface area (Å²) in [6.07, 6.45) is 1.69. The Morgan fingerprint density at radius 2 is 2.40 bits per heavy atom. The van der Waals surface area contributed by atoms with Crippen molar-refractivity contribution >= 4 is 21.6 Å². The maximum absolute atomic E-state index is 10.7. The molecule has 1 atom stereocenters. The molecule has 1 aromatic heterocycles. The van der Waals surface area contributed by atoms with Gasteiger partial charge < -0.3 is 10.8 Å². The van der Waals surface area contributed by atoms with Crippen LogP contribution in [-0.4, -0.2) is 21.6 Å². The number of halogens is 1. The van der Waals surface area contributed by atoms with E-state index in [1.165, 1.54) is 12.3 Å². The second kappa shape index (κ2) is 5.15. The van der Waals surface area contributed by atoms with E-state index < -0.39 is 11.0 Å². The highest BCUT2D eigenvalue weighted by molar-refractivity contribution is 9.10. The van der Waals surface area contributed by atoms with Gasteiger partial charge in [0.05, 0.1) is 11.0 Å². The second-order valence-corrected chi connectivity index (χ2v) is 3.85. The van der Waals surface area contributed by atoms with Crippen molar-refractivity contribution in [3.05, 3.63) is 32.5 Å². The van der Waals surface area contributed by atoms with Crippen molar-refractivity contribution in [3.8, 4) is 0 Å². The molecule has 0 bridgehead atoms. The minimum Gasteiger partial charge on any atom is -0.396 e. The van der Waals surface area contributed by atoms with Crippen LogP contribution < -0.4 is 5.73 Å². The minimum atomic E-state index is -0.622. The molecule has 0 radical (unpaired) electrons. The van der Waals surface area contributed by atoms with Crippen LogP contribution in [0.2, 0.25) is 0 Å². The van der Waals surface area contributed by atoms with Crippen molar-refractivity contribution < 1.29 is 10.0 Å².